The number of nitrogens with zero attached hydrogens (tertiary/aromatic N) is 1. The molecule has 2 fully saturated rings. The molecule has 2 atom stereocenters. The van der Waals surface area contributed by atoms with Crippen molar-refractivity contribution >= 4 is 10.0 Å². The second kappa shape index (κ2) is 4.96. The van der Waals surface area contributed by atoms with E-state index in [9.17, 15) is 13.5 Å². The third kappa shape index (κ3) is 2.77. The van der Waals surface area contributed by atoms with Gasteiger partial charge in [-0.2, -0.15) is 0 Å². The molecule has 0 spiro atoms. The van der Waals surface area contributed by atoms with Crippen molar-refractivity contribution < 1.29 is 13.5 Å². The Morgan fingerprint density at radius 3 is 2.25 bits per heavy atom. The minimum absolute atomic E-state index is 0.178. The molecule has 20 heavy (non-hydrogen) atoms. The third-order valence-electron chi connectivity index (χ3n) is 6.04. The molecule has 0 radical (unpaired) electrons. The molecule has 5 heteroatoms. The summed E-state index contributed by atoms with van der Waals surface area (Å²) >= 11 is 0. The lowest BCUT2D eigenvalue weighted by Gasteiger charge is -2.32. The Kier molecular flexibility index (Phi) is 4.03. The Morgan fingerprint density at radius 2 is 1.80 bits per heavy atom. The molecule has 0 aromatic rings. The van der Waals surface area contributed by atoms with Crippen molar-refractivity contribution in [3.63, 3.8) is 0 Å². The van der Waals surface area contributed by atoms with Crippen molar-refractivity contribution in [1.29, 1.82) is 0 Å². The van der Waals surface area contributed by atoms with Crippen molar-refractivity contribution in [2.45, 2.75) is 53.1 Å². The fourth-order valence-corrected chi connectivity index (χ4v) is 5.15. The van der Waals surface area contributed by atoms with Crippen LogP contribution in [-0.2, 0) is 10.0 Å². The monoisotopic (exact) mass is 303 g/mol. The molecule has 4 nitrogen and oxygen atoms in total. The first-order valence-corrected chi connectivity index (χ1v) is 9.46. The van der Waals surface area contributed by atoms with E-state index in [0.717, 1.165) is 19.3 Å². The Labute approximate surface area is 123 Å². The number of sulfonamides is 1. The molecule has 0 aromatic carbocycles. The topological polar surface area (TPSA) is 57.6 Å². The second-order valence-electron chi connectivity index (χ2n) is 7.85. The van der Waals surface area contributed by atoms with Gasteiger partial charge in [-0.15, -0.1) is 0 Å². The minimum atomic E-state index is -3.09. The Balaban J connectivity index is 1.94. The van der Waals surface area contributed by atoms with Crippen LogP contribution in [0.4, 0.5) is 0 Å². The molecule has 1 aliphatic heterocycles. The number of piperidine rings is 1. The van der Waals surface area contributed by atoms with Crippen LogP contribution in [0.5, 0.6) is 0 Å². The molecule has 2 unspecified atom stereocenters. The lowest BCUT2D eigenvalue weighted by Crippen LogP contribution is -2.40. The van der Waals surface area contributed by atoms with E-state index in [0.29, 0.717) is 24.9 Å². The van der Waals surface area contributed by atoms with Gasteiger partial charge in [0.15, 0.2) is 0 Å². The average Bonchev–Trinajstić information content (AvgIpc) is 2.68. The van der Waals surface area contributed by atoms with Crippen LogP contribution in [0.25, 0.3) is 0 Å². The van der Waals surface area contributed by atoms with Gasteiger partial charge < -0.3 is 5.11 Å². The zero-order valence-corrected chi connectivity index (χ0v) is 14.2. The first-order valence-electron chi connectivity index (χ1n) is 7.61. The average molecular weight is 303 g/mol. The quantitative estimate of drug-likeness (QED) is 0.865. The van der Waals surface area contributed by atoms with Crippen LogP contribution in [0.2, 0.25) is 0 Å². The van der Waals surface area contributed by atoms with Crippen LogP contribution < -0.4 is 0 Å². The predicted octanol–water partition coefficient (Wildman–Crippen LogP) is 2.09. The molecule has 1 saturated heterocycles. The van der Waals surface area contributed by atoms with E-state index >= 15 is 0 Å². The van der Waals surface area contributed by atoms with Crippen LogP contribution in [0.3, 0.4) is 0 Å². The fourth-order valence-electron chi connectivity index (χ4n) is 4.21. The van der Waals surface area contributed by atoms with Gasteiger partial charge in [0.05, 0.1) is 12.4 Å². The highest BCUT2D eigenvalue weighted by Crippen LogP contribution is 2.70. The van der Waals surface area contributed by atoms with Crippen LogP contribution in [0.1, 0.15) is 47.0 Å². The normalized spacial score (nSPS) is 32.0. The zero-order valence-electron chi connectivity index (χ0n) is 13.4. The van der Waals surface area contributed by atoms with Crippen LogP contribution >= 0.6 is 0 Å². The summed E-state index contributed by atoms with van der Waals surface area (Å²) < 4.78 is 24.8. The van der Waals surface area contributed by atoms with Gasteiger partial charge in [-0.25, -0.2) is 12.7 Å². The van der Waals surface area contributed by atoms with Gasteiger partial charge in [-0.3, -0.25) is 0 Å². The van der Waals surface area contributed by atoms with Crippen LogP contribution in [-0.4, -0.2) is 43.3 Å². The maximum Gasteiger partial charge on any atom is 0.211 e. The molecule has 0 aromatic heterocycles. The summed E-state index contributed by atoms with van der Waals surface area (Å²) in [5, 5.41) is 10.5. The van der Waals surface area contributed by atoms with E-state index in [1.54, 1.807) is 4.31 Å². The minimum Gasteiger partial charge on any atom is -0.393 e. The molecule has 0 amide bonds. The lowest BCUT2D eigenvalue weighted by atomic mass is 9.90. The van der Waals surface area contributed by atoms with E-state index in [1.165, 1.54) is 6.26 Å². The number of hydrogen-bond donors (Lipinski definition) is 1. The molecular weight excluding hydrogens is 274 g/mol. The summed E-state index contributed by atoms with van der Waals surface area (Å²) in [4.78, 5) is 0. The maximum atomic E-state index is 11.6. The summed E-state index contributed by atoms with van der Waals surface area (Å²) in [5.41, 5.74) is 0.356. The fraction of sp³-hybridized carbons (Fsp3) is 1.00. The molecule has 0 bridgehead atoms. The molecule has 118 valence electrons. The first kappa shape index (κ1) is 16.2. The number of rotatable bonds is 4. The molecule has 1 N–H and O–H groups in total. The molecule has 1 heterocycles. The van der Waals surface area contributed by atoms with Gasteiger partial charge >= 0.3 is 0 Å². The largest absolute Gasteiger partial charge is 0.393 e. The maximum absolute atomic E-state index is 11.6. The predicted molar refractivity (Wildman–Crippen MR) is 80.8 cm³/mol. The van der Waals surface area contributed by atoms with Crippen molar-refractivity contribution in [2.75, 3.05) is 19.3 Å². The SMILES string of the molecule is CC1(C)C(C(O)CC2CCCN(S(C)(=O)=O)C2)C1(C)C. The van der Waals surface area contributed by atoms with Crippen molar-refractivity contribution in [1.82, 2.24) is 4.31 Å². The van der Waals surface area contributed by atoms with Crippen LogP contribution in [0.15, 0.2) is 0 Å². The Bertz CT molecular complexity index is 456. The van der Waals surface area contributed by atoms with Gasteiger partial charge in [-0.1, -0.05) is 27.7 Å². The van der Waals surface area contributed by atoms with E-state index < -0.39 is 10.0 Å². The standard InChI is InChI=1S/C15H29NO3S/c1-14(2)13(15(14,3)4)12(17)9-11-7-6-8-16(10-11)20(5,18)19/h11-13,17H,6-10H2,1-5H3. The van der Waals surface area contributed by atoms with E-state index in [4.69, 9.17) is 0 Å². The number of hydrogen-bond acceptors (Lipinski definition) is 3. The van der Waals surface area contributed by atoms with Gasteiger partial charge in [0.2, 0.25) is 10.0 Å². The lowest BCUT2D eigenvalue weighted by molar-refractivity contribution is 0.0871. The second-order valence-corrected chi connectivity index (χ2v) is 9.84. The highest BCUT2D eigenvalue weighted by Gasteiger charge is 2.67. The van der Waals surface area contributed by atoms with Gasteiger partial charge in [-0.05, 0) is 41.9 Å². The number of aliphatic hydroxyl groups is 1. The number of aliphatic hydroxyl groups excluding tert-OH is 1. The third-order valence-corrected chi connectivity index (χ3v) is 7.31. The Morgan fingerprint density at radius 1 is 1.25 bits per heavy atom. The molecule has 1 saturated carbocycles. The summed E-state index contributed by atoms with van der Waals surface area (Å²) in [7, 11) is -3.09. The molecule has 1 aliphatic carbocycles. The first-order chi connectivity index (χ1) is 8.98. The van der Waals surface area contributed by atoms with E-state index in [2.05, 4.69) is 27.7 Å². The summed E-state index contributed by atoms with van der Waals surface area (Å²) in [6.45, 7) is 10.1. The highest BCUT2D eigenvalue weighted by molar-refractivity contribution is 7.88. The van der Waals surface area contributed by atoms with Gasteiger partial charge in [0.1, 0.15) is 0 Å². The molecule has 2 rings (SSSR count). The summed E-state index contributed by atoms with van der Waals surface area (Å²) in [5.74, 6) is 0.615. The van der Waals surface area contributed by atoms with Crippen molar-refractivity contribution in [2.24, 2.45) is 22.7 Å². The van der Waals surface area contributed by atoms with Crippen LogP contribution in [0, 0.1) is 22.7 Å². The van der Waals surface area contributed by atoms with E-state index in [-0.39, 0.29) is 16.9 Å². The summed E-state index contributed by atoms with van der Waals surface area (Å²) in [6.07, 6.45) is 3.62. The smallest absolute Gasteiger partial charge is 0.211 e. The molecular formula is C15H29NO3S. The highest BCUT2D eigenvalue weighted by atomic mass is 32.2. The van der Waals surface area contributed by atoms with E-state index in [1.807, 2.05) is 0 Å². The van der Waals surface area contributed by atoms with Crippen molar-refractivity contribution in [3.05, 3.63) is 0 Å². The van der Waals surface area contributed by atoms with Gasteiger partial charge in [0, 0.05) is 13.1 Å². The summed E-state index contributed by atoms with van der Waals surface area (Å²) in [6, 6.07) is 0. The van der Waals surface area contributed by atoms with Gasteiger partial charge in [0.25, 0.3) is 0 Å². The Hall–Kier alpha value is -0.130. The molecule has 2 aliphatic rings. The van der Waals surface area contributed by atoms with Crippen molar-refractivity contribution in [3.8, 4) is 0 Å². The zero-order chi connectivity index (χ0) is 15.3.